The first-order valence-electron chi connectivity index (χ1n) is 8.31. The highest BCUT2D eigenvalue weighted by Gasteiger charge is 2.68. The molecule has 0 spiro atoms. The molecule has 0 unspecified atom stereocenters. The number of nitro benzene ring substituents is 1. The molecule has 6 nitrogen and oxygen atoms in total. The largest absolute Gasteiger partial charge is 0.274 e. The molecule has 5 fully saturated rings. The van der Waals surface area contributed by atoms with Gasteiger partial charge in [0.2, 0.25) is 11.8 Å². The minimum absolute atomic E-state index is 0.0713. The van der Waals surface area contributed by atoms with Crippen molar-refractivity contribution in [1.82, 2.24) is 0 Å². The van der Waals surface area contributed by atoms with E-state index in [4.69, 9.17) is 11.6 Å². The fourth-order valence-electron chi connectivity index (χ4n) is 5.57. The van der Waals surface area contributed by atoms with Gasteiger partial charge in [0.1, 0.15) is 0 Å². The second-order valence-corrected chi connectivity index (χ2v) is 7.83. The van der Waals surface area contributed by atoms with Gasteiger partial charge in [0.25, 0.3) is 5.69 Å². The van der Waals surface area contributed by atoms with Crippen molar-refractivity contribution in [2.75, 3.05) is 4.90 Å². The molecule has 0 radical (unpaired) electrons. The summed E-state index contributed by atoms with van der Waals surface area (Å²) < 4.78 is 0. The van der Waals surface area contributed by atoms with E-state index in [-0.39, 0.29) is 40.0 Å². The number of nitrogens with zero attached hydrogens (tertiary/aromatic N) is 2. The summed E-state index contributed by atoms with van der Waals surface area (Å²) in [4.78, 5) is 37.5. The Morgan fingerprint density at radius 1 is 1.04 bits per heavy atom. The summed E-state index contributed by atoms with van der Waals surface area (Å²) in [6.07, 6.45) is 3.24. The van der Waals surface area contributed by atoms with Crippen molar-refractivity contribution in [2.45, 2.75) is 19.3 Å². The van der Waals surface area contributed by atoms with Crippen LogP contribution in [0.2, 0.25) is 5.02 Å². The Labute approximate surface area is 142 Å². The SMILES string of the molecule is O=C1[C@@H]2[C@@H]3CC[C@@H]([C@H]4C[C@H]43)[C@@H]2C(=O)N1c1ccc([N+](=O)[O-])cc1Cl. The lowest BCUT2D eigenvalue weighted by Gasteiger charge is -2.42. The lowest BCUT2D eigenvalue weighted by molar-refractivity contribution is -0.384. The molecule has 4 aliphatic carbocycles. The predicted molar refractivity (Wildman–Crippen MR) is 85.4 cm³/mol. The van der Waals surface area contributed by atoms with Gasteiger partial charge in [-0.2, -0.15) is 0 Å². The molecule has 1 aromatic rings. The first-order chi connectivity index (χ1) is 11.5. The van der Waals surface area contributed by atoms with Gasteiger partial charge in [0.05, 0.1) is 27.5 Å². The van der Waals surface area contributed by atoms with Crippen LogP contribution in [0.25, 0.3) is 0 Å². The molecule has 0 N–H and O–H groups in total. The third-order valence-electron chi connectivity index (χ3n) is 6.53. The summed E-state index contributed by atoms with van der Waals surface area (Å²) >= 11 is 6.16. The van der Waals surface area contributed by atoms with Crippen LogP contribution < -0.4 is 4.90 Å². The Morgan fingerprint density at radius 3 is 2.12 bits per heavy atom. The number of fused-ring (bicyclic) bond motifs is 1. The smallest absolute Gasteiger partial charge is 0.271 e. The third-order valence-corrected chi connectivity index (χ3v) is 6.83. The van der Waals surface area contributed by atoms with Gasteiger partial charge in [0, 0.05) is 12.1 Å². The number of anilines is 1. The molecular formula is C17H15ClN2O4. The number of imide groups is 1. The molecule has 24 heavy (non-hydrogen) atoms. The minimum atomic E-state index is -0.545. The van der Waals surface area contributed by atoms with E-state index in [0.717, 1.165) is 12.8 Å². The van der Waals surface area contributed by atoms with Gasteiger partial charge in [-0.3, -0.25) is 19.7 Å². The summed E-state index contributed by atoms with van der Waals surface area (Å²) in [5.74, 6) is 1.12. The molecule has 2 amide bonds. The van der Waals surface area contributed by atoms with Crippen LogP contribution in [0, 0.1) is 45.6 Å². The second-order valence-electron chi connectivity index (χ2n) is 7.42. The lowest BCUT2D eigenvalue weighted by Crippen LogP contribution is -2.43. The number of rotatable bonds is 2. The molecule has 6 rings (SSSR count). The number of hydrogen-bond acceptors (Lipinski definition) is 4. The van der Waals surface area contributed by atoms with Gasteiger partial charge in [-0.1, -0.05) is 11.6 Å². The zero-order valence-electron chi connectivity index (χ0n) is 12.7. The number of amides is 2. The van der Waals surface area contributed by atoms with Gasteiger partial charge in [-0.25, -0.2) is 4.90 Å². The average Bonchev–Trinajstić information content (AvgIpc) is 3.33. The number of halogens is 1. The Morgan fingerprint density at radius 2 is 1.62 bits per heavy atom. The zero-order valence-corrected chi connectivity index (χ0v) is 13.5. The van der Waals surface area contributed by atoms with E-state index in [1.807, 2.05) is 0 Å². The van der Waals surface area contributed by atoms with Gasteiger partial charge >= 0.3 is 0 Å². The molecule has 1 aromatic carbocycles. The van der Waals surface area contributed by atoms with Crippen LogP contribution >= 0.6 is 11.6 Å². The van der Waals surface area contributed by atoms with Crippen molar-refractivity contribution in [2.24, 2.45) is 35.5 Å². The number of nitro groups is 1. The summed E-state index contributed by atoms with van der Waals surface area (Å²) in [5.41, 5.74) is 0.126. The number of hydrogen-bond donors (Lipinski definition) is 0. The fourth-order valence-corrected chi connectivity index (χ4v) is 5.83. The molecule has 124 valence electrons. The molecule has 0 aromatic heterocycles. The van der Waals surface area contributed by atoms with E-state index in [0.29, 0.717) is 23.7 Å². The highest BCUT2D eigenvalue weighted by Crippen LogP contribution is 2.68. The first-order valence-corrected chi connectivity index (χ1v) is 8.68. The normalized spacial score (nSPS) is 39.0. The van der Waals surface area contributed by atoms with Crippen molar-refractivity contribution in [3.05, 3.63) is 33.3 Å². The van der Waals surface area contributed by atoms with Crippen LogP contribution in [0.5, 0.6) is 0 Å². The van der Waals surface area contributed by atoms with Crippen LogP contribution in [-0.2, 0) is 9.59 Å². The van der Waals surface area contributed by atoms with Crippen molar-refractivity contribution < 1.29 is 14.5 Å². The van der Waals surface area contributed by atoms with Gasteiger partial charge in [-0.15, -0.1) is 0 Å². The van der Waals surface area contributed by atoms with Crippen LogP contribution in [0.1, 0.15) is 19.3 Å². The van der Waals surface area contributed by atoms with Crippen molar-refractivity contribution in [3.63, 3.8) is 0 Å². The van der Waals surface area contributed by atoms with E-state index in [9.17, 15) is 19.7 Å². The molecular weight excluding hydrogens is 332 g/mol. The van der Waals surface area contributed by atoms with E-state index >= 15 is 0 Å². The molecule has 1 heterocycles. The number of non-ortho nitro benzene ring substituents is 1. The Kier molecular flexibility index (Phi) is 2.74. The van der Waals surface area contributed by atoms with Gasteiger partial charge < -0.3 is 0 Å². The third kappa shape index (κ3) is 1.67. The molecule has 1 aliphatic heterocycles. The Balaban J connectivity index is 1.55. The molecule has 1 saturated heterocycles. The topological polar surface area (TPSA) is 80.5 Å². The highest BCUT2D eigenvalue weighted by atomic mass is 35.5. The molecule has 5 aliphatic rings. The predicted octanol–water partition coefficient (Wildman–Crippen LogP) is 3.03. The van der Waals surface area contributed by atoms with Crippen LogP contribution in [-0.4, -0.2) is 16.7 Å². The van der Waals surface area contributed by atoms with Crippen molar-refractivity contribution >= 4 is 34.8 Å². The van der Waals surface area contributed by atoms with Crippen LogP contribution in [0.3, 0.4) is 0 Å². The fraction of sp³-hybridized carbons (Fsp3) is 0.529. The summed E-state index contributed by atoms with van der Waals surface area (Å²) in [6.45, 7) is 0. The van der Waals surface area contributed by atoms with Gasteiger partial charge in [0.15, 0.2) is 0 Å². The Bertz CT molecular complexity index is 776. The molecule has 7 heteroatoms. The zero-order chi connectivity index (χ0) is 16.7. The Hall–Kier alpha value is -1.95. The maximum Gasteiger partial charge on any atom is 0.271 e. The van der Waals surface area contributed by atoms with Crippen molar-refractivity contribution in [1.29, 1.82) is 0 Å². The number of carbonyl (C=O) groups excluding carboxylic acids is 2. The lowest BCUT2D eigenvalue weighted by atomic mass is 9.59. The summed E-state index contributed by atoms with van der Waals surface area (Å²) in [7, 11) is 0. The van der Waals surface area contributed by atoms with E-state index < -0.39 is 4.92 Å². The quantitative estimate of drug-likeness (QED) is 0.468. The second kappa shape index (κ2) is 4.57. The van der Waals surface area contributed by atoms with E-state index in [1.54, 1.807) is 0 Å². The number of benzene rings is 1. The van der Waals surface area contributed by atoms with Gasteiger partial charge in [-0.05, 0) is 49.0 Å². The van der Waals surface area contributed by atoms with E-state index in [2.05, 4.69) is 0 Å². The van der Waals surface area contributed by atoms with Crippen molar-refractivity contribution in [3.8, 4) is 0 Å². The molecule has 6 atom stereocenters. The molecule has 4 saturated carbocycles. The maximum atomic E-state index is 13.0. The highest BCUT2D eigenvalue weighted by molar-refractivity contribution is 6.36. The summed E-state index contributed by atoms with van der Waals surface area (Å²) in [5, 5.41) is 10.9. The maximum absolute atomic E-state index is 13.0. The molecule has 2 bridgehead atoms. The summed E-state index contributed by atoms with van der Waals surface area (Å²) in [6, 6.07) is 3.90. The number of carbonyl (C=O) groups is 2. The average molecular weight is 347 g/mol. The minimum Gasteiger partial charge on any atom is -0.274 e. The monoisotopic (exact) mass is 346 g/mol. The van der Waals surface area contributed by atoms with Crippen LogP contribution in [0.4, 0.5) is 11.4 Å². The van der Waals surface area contributed by atoms with E-state index in [1.165, 1.54) is 29.5 Å². The van der Waals surface area contributed by atoms with Crippen LogP contribution in [0.15, 0.2) is 18.2 Å². The first kappa shape index (κ1) is 14.4. The standard InChI is InChI=1S/C17H15ClN2O4/c18-12-5-7(20(23)24)1-4-13(12)19-16(21)14-8-2-3-9(11-6-10(8)11)15(14)17(19)22/h1,4-5,8-11,14-15H,2-3,6H2/t8-,9+,10+,11-,14-,15+.